The minimum Gasteiger partial charge on any atom is -0.459 e. The summed E-state index contributed by atoms with van der Waals surface area (Å²) in [5.41, 5.74) is 3.28. The van der Waals surface area contributed by atoms with Gasteiger partial charge in [-0.15, -0.1) is 0 Å². The Morgan fingerprint density at radius 3 is 2.94 bits per heavy atom. The van der Waals surface area contributed by atoms with E-state index in [1.807, 2.05) is 0 Å². The fourth-order valence-electron chi connectivity index (χ4n) is 1.83. The summed E-state index contributed by atoms with van der Waals surface area (Å²) in [4.78, 5) is 3.59. The molecule has 0 aromatic rings. The lowest BCUT2D eigenvalue weighted by Gasteiger charge is -2.42. The zero-order valence-electron chi connectivity index (χ0n) is 9.08. The zero-order chi connectivity index (χ0) is 12.7. The number of allylic oxidation sites excluding steroid dienone is 2. The van der Waals surface area contributed by atoms with Crippen molar-refractivity contribution in [3.05, 3.63) is 24.2 Å². The van der Waals surface area contributed by atoms with Crippen molar-refractivity contribution in [3.63, 3.8) is 0 Å². The van der Waals surface area contributed by atoms with E-state index >= 15 is 0 Å². The van der Waals surface area contributed by atoms with E-state index in [1.165, 1.54) is 12.3 Å². The second kappa shape index (κ2) is 3.68. The van der Waals surface area contributed by atoms with Gasteiger partial charge >= 0.3 is 5.92 Å². The van der Waals surface area contributed by atoms with Crippen LogP contribution in [0.4, 0.5) is 13.2 Å². The van der Waals surface area contributed by atoms with E-state index in [9.17, 15) is 13.2 Å². The summed E-state index contributed by atoms with van der Waals surface area (Å²) in [6, 6.07) is -1.62. The Morgan fingerprint density at radius 1 is 1.59 bits per heavy atom. The Labute approximate surface area is 96.0 Å². The molecule has 2 aliphatic heterocycles. The van der Waals surface area contributed by atoms with Crippen LogP contribution in [0, 0.1) is 0 Å². The maximum absolute atomic E-state index is 13.8. The number of nitrogens with zero attached hydrogens (tertiary/aromatic N) is 1. The van der Waals surface area contributed by atoms with Crippen molar-refractivity contribution in [1.82, 2.24) is 5.32 Å². The summed E-state index contributed by atoms with van der Waals surface area (Å²) in [6.07, 6.45) is 3.89. The molecule has 0 bridgehead atoms. The lowest BCUT2D eigenvalue weighted by Crippen LogP contribution is -2.63. The molecule has 7 heteroatoms. The molecule has 0 fully saturated rings. The Bertz CT molecular complexity index is 419. The van der Waals surface area contributed by atoms with Crippen LogP contribution < -0.4 is 11.1 Å². The minimum absolute atomic E-state index is 0.359. The van der Waals surface area contributed by atoms with Crippen LogP contribution in [0.25, 0.3) is 0 Å². The number of nitrogens with two attached hydrogens (primary N) is 1. The van der Waals surface area contributed by atoms with Gasteiger partial charge in [0.05, 0.1) is 0 Å². The van der Waals surface area contributed by atoms with Gasteiger partial charge in [-0.05, 0) is 25.3 Å². The van der Waals surface area contributed by atoms with E-state index < -0.39 is 29.9 Å². The summed E-state index contributed by atoms with van der Waals surface area (Å²) in [6.45, 7) is 0.237. The van der Waals surface area contributed by atoms with E-state index in [1.54, 1.807) is 0 Å². The molecule has 1 unspecified atom stereocenters. The zero-order valence-corrected chi connectivity index (χ0v) is 9.08. The fraction of sp³-hybridized carbons (Fsp3) is 0.500. The predicted molar refractivity (Wildman–Crippen MR) is 56.2 cm³/mol. The monoisotopic (exact) mass is 247 g/mol. The highest BCUT2D eigenvalue weighted by Crippen LogP contribution is 2.40. The molecule has 0 aliphatic carbocycles. The Balaban J connectivity index is 2.42. The highest BCUT2D eigenvalue weighted by molar-refractivity contribution is 5.73. The van der Waals surface area contributed by atoms with Crippen LogP contribution >= 0.6 is 0 Å². The number of ether oxygens (including phenoxy) is 1. The van der Waals surface area contributed by atoms with Crippen molar-refractivity contribution in [2.75, 3.05) is 6.61 Å². The van der Waals surface area contributed by atoms with Crippen LogP contribution in [0.5, 0.6) is 0 Å². The van der Waals surface area contributed by atoms with Crippen LogP contribution in [-0.4, -0.2) is 30.1 Å². The number of dihydropyridines is 1. The van der Waals surface area contributed by atoms with Gasteiger partial charge in [-0.25, -0.2) is 18.2 Å². The summed E-state index contributed by atoms with van der Waals surface area (Å²) in [5.74, 6) is -4.03. The van der Waals surface area contributed by atoms with Gasteiger partial charge in [0.15, 0.2) is 12.1 Å². The fourth-order valence-corrected chi connectivity index (χ4v) is 1.83. The highest BCUT2D eigenvalue weighted by atomic mass is 19.3. The number of hydrogen-bond acceptors (Lipinski definition) is 4. The third kappa shape index (κ3) is 1.75. The molecule has 0 aromatic heterocycles. The number of nitrogens with one attached hydrogen (secondary N) is 1. The van der Waals surface area contributed by atoms with Crippen molar-refractivity contribution < 1.29 is 17.9 Å². The Kier molecular flexibility index (Phi) is 2.56. The molecule has 17 heavy (non-hydrogen) atoms. The second-order valence-corrected chi connectivity index (χ2v) is 4.10. The molecule has 4 nitrogen and oxygen atoms in total. The molecule has 2 aliphatic rings. The molecule has 0 saturated carbocycles. The van der Waals surface area contributed by atoms with Crippen LogP contribution in [0.1, 0.15) is 6.92 Å². The molecule has 2 atom stereocenters. The third-order valence-corrected chi connectivity index (χ3v) is 2.94. The first kappa shape index (κ1) is 11.8. The summed E-state index contributed by atoms with van der Waals surface area (Å²) >= 11 is 0. The molecule has 94 valence electrons. The van der Waals surface area contributed by atoms with Gasteiger partial charge in [-0.3, -0.25) is 0 Å². The van der Waals surface area contributed by atoms with Crippen LogP contribution in [0.15, 0.2) is 29.2 Å². The summed E-state index contributed by atoms with van der Waals surface area (Å²) in [5, 5.41) is 2.53. The van der Waals surface area contributed by atoms with Gasteiger partial charge < -0.3 is 15.8 Å². The molecule has 2 rings (SSSR count). The van der Waals surface area contributed by atoms with E-state index in [0.717, 1.165) is 13.0 Å². The van der Waals surface area contributed by atoms with Gasteiger partial charge in [0.25, 0.3) is 6.02 Å². The standard InChI is InChI=1S/C10H12F3N3O/c1-9(7-6(11)3-2-4-15-7)10(12,13)5-17-8(14)16-9/h2-4,7,15H,5H2,1H3,(H2,14,16)/t7?,9-/m1/s1. The first-order chi connectivity index (χ1) is 7.87. The lowest BCUT2D eigenvalue weighted by atomic mass is 9.84. The van der Waals surface area contributed by atoms with Crippen molar-refractivity contribution in [1.29, 1.82) is 0 Å². The molecule has 0 saturated heterocycles. The molecule has 3 N–H and O–H groups in total. The normalized spacial score (nSPS) is 35.4. The van der Waals surface area contributed by atoms with E-state index in [2.05, 4.69) is 15.0 Å². The smallest absolute Gasteiger partial charge is 0.308 e. The van der Waals surface area contributed by atoms with Gasteiger partial charge in [-0.2, -0.15) is 0 Å². The largest absolute Gasteiger partial charge is 0.459 e. The van der Waals surface area contributed by atoms with Crippen molar-refractivity contribution in [2.45, 2.75) is 24.4 Å². The summed E-state index contributed by atoms with van der Waals surface area (Å²) in [7, 11) is 0. The molecule has 0 aromatic carbocycles. The van der Waals surface area contributed by atoms with Gasteiger partial charge in [-0.1, -0.05) is 0 Å². The Hall–Kier alpha value is -1.66. The number of amidine groups is 1. The van der Waals surface area contributed by atoms with Gasteiger partial charge in [0, 0.05) is 0 Å². The van der Waals surface area contributed by atoms with Gasteiger partial charge in [0.1, 0.15) is 11.9 Å². The maximum Gasteiger partial charge on any atom is 0.308 e. The molecular weight excluding hydrogens is 235 g/mol. The van der Waals surface area contributed by atoms with Crippen molar-refractivity contribution in [3.8, 4) is 0 Å². The van der Waals surface area contributed by atoms with Crippen molar-refractivity contribution >= 4 is 6.02 Å². The molecular formula is C10H12F3N3O. The molecule has 0 radical (unpaired) electrons. The highest BCUT2D eigenvalue weighted by Gasteiger charge is 2.59. The van der Waals surface area contributed by atoms with E-state index in [4.69, 9.17) is 5.73 Å². The number of alkyl halides is 2. The lowest BCUT2D eigenvalue weighted by molar-refractivity contribution is -0.121. The number of rotatable bonds is 1. The number of hydrogen-bond donors (Lipinski definition) is 2. The second-order valence-electron chi connectivity index (χ2n) is 4.10. The minimum atomic E-state index is -3.32. The van der Waals surface area contributed by atoms with Gasteiger partial charge in [0.2, 0.25) is 0 Å². The first-order valence-electron chi connectivity index (χ1n) is 5.01. The first-order valence-corrected chi connectivity index (χ1v) is 5.01. The Morgan fingerprint density at radius 2 is 2.29 bits per heavy atom. The van der Waals surface area contributed by atoms with Crippen LogP contribution in [-0.2, 0) is 4.74 Å². The average Bonchev–Trinajstić information content (AvgIpc) is 2.25. The number of aliphatic imine (C=N–C) groups is 1. The van der Waals surface area contributed by atoms with Crippen LogP contribution in [0.2, 0.25) is 0 Å². The van der Waals surface area contributed by atoms with Crippen molar-refractivity contribution in [2.24, 2.45) is 10.7 Å². The third-order valence-electron chi connectivity index (χ3n) is 2.94. The maximum atomic E-state index is 13.8. The molecule has 2 heterocycles. The van der Waals surface area contributed by atoms with E-state index in [0.29, 0.717) is 0 Å². The number of halogens is 3. The quantitative estimate of drug-likeness (QED) is 0.728. The average molecular weight is 247 g/mol. The van der Waals surface area contributed by atoms with Crippen LogP contribution in [0.3, 0.4) is 0 Å². The van der Waals surface area contributed by atoms with E-state index in [-0.39, 0.29) is 6.02 Å². The topological polar surface area (TPSA) is 59.6 Å². The SMILES string of the molecule is C[C@]1(C2NC=CC=C2F)N=C(N)OCC1(F)F. The molecule has 0 spiro atoms. The summed E-state index contributed by atoms with van der Waals surface area (Å²) < 4.78 is 45.8. The predicted octanol–water partition coefficient (Wildman–Crippen LogP) is 1.06. The molecule has 0 amide bonds.